The van der Waals surface area contributed by atoms with Crippen molar-refractivity contribution >= 4 is 15.7 Å². The maximum absolute atomic E-state index is 11.6. The Morgan fingerprint density at radius 1 is 1.41 bits per heavy atom. The zero-order chi connectivity index (χ0) is 12.5. The average molecular weight is 260 g/mol. The average Bonchev–Trinajstić information content (AvgIpc) is 2.52. The number of carbonyl (C=O) groups is 1. The predicted octanol–water partition coefficient (Wildman–Crippen LogP) is -0.191. The molecule has 2 fully saturated rings. The summed E-state index contributed by atoms with van der Waals surface area (Å²) < 4.78 is 22.5. The lowest BCUT2D eigenvalue weighted by atomic mass is 9.78. The molecule has 1 heterocycles. The Balaban J connectivity index is 1.71. The van der Waals surface area contributed by atoms with Crippen LogP contribution in [0.3, 0.4) is 0 Å². The van der Waals surface area contributed by atoms with E-state index in [2.05, 4.69) is 5.32 Å². The minimum atomic E-state index is -2.88. The van der Waals surface area contributed by atoms with E-state index in [1.165, 1.54) is 0 Å². The molecule has 2 aliphatic rings. The molecule has 1 saturated heterocycles. The van der Waals surface area contributed by atoms with Gasteiger partial charge in [0.25, 0.3) is 0 Å². The van der Waals surface area contributed by atoms with Crippen LogP contribution in [0, 0.1) is 5.92 Å². The quantitative estimate of drug-likeness (QED) is 0.733. The number of nitrogens with two attached hydrogens (primary N) is 1. The van der Waals surface area contributed by atoms with Crippen LogP contribution in [0.4, 0.5) is 0 Å². The van der Waals surface area contributed by atoms with E-state index in [0.29, 0.717) is 19.4 Å². The van der Waals surface area contributed by atoms with Gasteiger partial charge in [0.1, 0.15) is 0 Å². The minimum Gasteiger partial charge on any atom is -0.354 e. The molecule has 98 valence electrons. The van der Waals surface area contributed by atoms with Crippen LogP contribution in [0.15, 0.2) is 0 Å². The van der Waals surface area contributed by atoms with Crippen LogP contribution in [0.25, 0.3) is 0 Å². The van der Waals surface area contributed by atoms with Crippen LogP contribution in [0.2, 0.25) is 0 Å². The van der Waals surface area contributed by atoms with Crippen molar-refractivity contribution in [2.24, 2.45) is 11.7 Å². The SMILES string of the molecule is NC1(CNC(=O)CC2CCS(=O)(=O)C2)CCC1. The van der Waals surface area contributed by atoms with Gasteiger partial charge in [-0.3, -0.25) is 4.79 Å². The third kappa shape index (κ3) is 3.42. The van der Waals surface area contributed by atoms with Crippen molar-refractivity contribution < 1.29 is 13.2 Å². The standard InChI is InChI=1S/C11H20N2O3S/c12-11(3-1-4-11)8-13-10(14)6-9-2-5-17(15,16)7-9/h9H,1-8,12H2,(H,13,14). The van der Waals surface area contributed by atoms with Crippen molar-refractivity contribution in [2.45, 2.75) is 37.6 Å². The van der Waals surface area contributed by atoms with E-state index in [9.17, 15) is 13.2 Å². The Morgan fingerprint density at radius 3 is 2.59 bits per heavy atom. The largest absolute Gasteiger partial charge is 0.354 e. The molecule has 0 bridgehead atoms. The molecular weight excluding hydrogens is 240 g/mol. The van der Waals surface area contributed by atoms with Crippen LogP contribution in [0.5, 0.6) is 0 Å². The van der Waals surface area contributed by atoms with E-state index in [1.807, 2.05) is 0 Å². The lowest BCUT2D eigenvalue weighted by Crippen LogP contribution is -2.55. The van der Waals surface area contributed by atoms with Gasteiger partial charge in [0.05, 0.1) is 11.5 Å². The van der Waals surface area contributed by atoms with Crippen molar-refractivity contribution in [3.05, 3.63) is 0 Å². The highest BCUT2D eigenvalue weighted by molar-refractivity contribution is 7.91. The molecular formula is C11H20N2O3S. The Labute approximate surface area is 102 Å². The van der Waals surface area contributed by atoms with Gasteiger partial charge in [-0.25, -0.2) is 8.42 Å². The van der Waals surface area contributed by atoms with Gasteiger partial charge in [0.2, 0.25) is 5.91 Å². The van der Waals surface area contributed by atoms with Gasteiger partial charge in [-0.15, -0.1) is 0 Å². The number of nitrogens with one attached hydrogen (secondary N) is 1. The van der Waals surface area contributed by atoms with Crippen LogP contribution in [-0.4, -0.2) is 37.9 Å². The normalized spacial score (nSPS) is 29.6. The number of sulfone groups is 1. The smallest absolute Gasteiger partial charge is 0.220 e. The van der Waals surface area contributed by atoms with Gasteiger partial charge in [-0.1, -0.05) is 0 Å². The lowest BCUT2D eigenvalue weighted by Gasteiger charge is -2.38. The Bertz CT molecular complexity index is 401. The molecule has 0 aromatic carbocycles. The number of rotatable bonds is 4. The summed E-state index contributed by atoms with van der Waals surface area (Å²) in [6, 6.07) is 0. The first-order chi connectivity index (χ1) is 7.89. The first-order valence-electron chi connectivity index (χ1n) is 6.15. The molecule has 0 aromatic rings. The minimum absolute atomic E-state index is 0.00452. The fraction of sp³-hybridized carbons (Fsp3) is 0.909. The summed E-state index contributed by atoms with van der Waals surface area (Å²) in [6.07, 6.45) is 3.99. The van der Waals surface area contributed by atoms with Gasteiger partial charge in [0, 0.05) is 18.5 Å². The summed E-state index contributed by atoms with van der Waals surface area (Å²) in [7, 11) is -2.88. The second-order valence-electron chi connectivity index (χ2n) is 5.47. The molecule has 0 spiro atoms. The van der Waals surface area contributed by atoms with Crippen molar-refractivity contribution in [1.29, 1.82) is 0 Å². The summed E-state index contributed by atoms with van der Waals surface area (Å²) in [5.41, 5.74) is 5.78. The number of hydrogen-bond acceptors (Lipinski definition) is 4. The summed E-state index contributed by atoms with van der Waals surface area (Å²) in [5.74, 6) is 0.318. The van der Waals surface area contributed by atoms with Gasteiger partial charge in [-0.05, 0) is 31.6 Å². The van der Waals surface area contributed by atoms with Crippen molar-refractivity contribution in [2.75, 3.05) is 18.1 Å². The number of carbonyl (C=O) groups excluding carboxylic acids is 1. The van der Waals surface area contributed by atoms with E-state index in [4.69, 9.17) is 5.73 Å². The van der Waals surface area contributed by atoms with Gasteiger partial charge in [0.15, 0.2) is 9.84 Å². The molecule has 0 radical (unpaired) electrons. The summed E-state index contributed by atoms with van der Waals surface area (Å²) in [6.45, 7) is 0.519. The van der Waals surface area contributed by atoms with Crippen LogP contribution in [0.1, 0.15) is 32.1 Å². The molecule has 5 nitrogen and oxygen atoms in total. The van der Waals surface area contributed by atoms with Crippen molar-refractivity contribution in [3.8, 4) is 0 Å². The first-order valence-corrected chi connectivity index (χ1v) is 7.97. The second-order valence-corrected chi connectivity index (χ2v) is 7.69. The van der Waals surface area contributed by atoms with Gasteiger partial charge >= 0.3 is 0 Å². The monoisotopic (exact) mass is 260 g/mol. The fourth-order valence-corrected chi connectivity index (χ4v) is 4.31. The first kappa shape index (κ1) is 12.8. The molecule has 1 atom stereocenters. The van der Waals surface area contributed by atoms with E-state index >= 15 is 0 Å². The summed E-state index contributed by atoms with van der Waals surface area (Å²) in [5, 5.41) is 2.82. The zero-order valence-corrected chi connectivity index (χ0v) is 10.8. The van der Waals surface area contributed by atoms with E-state index < -0.39 is 9.84 Å². The lowest BCUT2D eigenvalue weighted by molar-refractivity contribution is -0.122. The third-order valence-corrected chi connectivity index (χ3v) is 5.62. The molecule has 2 rings (SSSR count). The Kier molecular flexibility index (Phi) is 3.45. The topological polar surface area (TPSA) is 89.3 Å². The Morgan fingerprint density at radius 2 is 2.12 bits per heavy atom. The highest BCUT2D eigenvalue weighted by atomic mass is 32.2. The van der Waals surface area contributed by atoms with Gasteiger partial charge < -0.3 is 11.1 Å². The number of amides is 1. The predicted molar refractivity (Wildman–Crippen MR) is 65.2 cm³/mol. The molecule has 17 heavy (non-hydrogen) atoms. The zero-order valence-electron chi connectivity index (χ0n) is 9.94. The van der Waals surface area contributed by atoms with Crippen molar-refractivity contribution in [1.82, 2.24) is 5.32 Å². The van der Waals surface area contributed by atoms with Crippen LogP contribution in [-0.2, 0) is 14.6 Å². The maximum Gasteiger partial charge on any atom is 0.220 e. The molecule has 1 unspecified atom stereocenters. The van der Waals surface area contributed by atoms with E-state index in [-0.39, 0.29) is 28.9 Å². The van der Waals surface area contributed by atoms with E-state index in [1.54, 1.807) is 0 Å². The second kappa shape index (κ2) is 4.57. The van der Waals surface area contributed by atoms with Crippen molar-refractivity contribution in [3.63, 3.8) is 0 Å². The highest BCUT2D eigenvalue weighted by Crippen LogP contribution is 2.28. The molecule has 1 aliphatic carbocycles. The molecule has 6 heteroatoms. The molecule has 1 aliphatic heterocycles. The molecule has 1 amide bonds. The Hall–Kier alpha value is -0.620. The molecule has 1 saturated carbocycles. The summed E-state index contributed by atoms with van der Waals surface area (Å²) >= 11 is 0. The highest BCUT2D eigenvalue weighted by Gasteiger charge is 2.33. The maximum atomic E-state index is 11.6. The van der Waals surface area contributed by atoms with Crippen LogP contribution < -0.4 is 11.1 Å². The summed E-state index contributed by atoms with van der Waals surface area (Å²) in [4.78, 5) is 11.6. The fourth-order valence-electron chi connectivity index (χ4n) is 2.45. The number of hydrogen-bond donors (Lipinski definition) is 2. The molecule has 0 aromatic heterocycles. The van der Waals surface area contributed by atoms with Gasteiger partial charge in [-0.2, -0.15) is 0 Å². The van der Waals surface area contributed by atoms with Crippen LogP contribution >= 0.6 is 0 Å². The third-order valence-electron chi connectivity index (χ3n) is 3.79. The molecule has 3 N–H and O–H groups in total. The van der Waals surface area contributed by atoms with E-state index in [0.717, 1.165) is 19.3 Å².